The van der Waals surface area contributed by atoms with Crippen LogP contribution in [-0.2, 0) is 21.5 Å². The van der Waals surface area contributed by atoms with Gasteiger partial charge in [-0.3, -0.25) is 24.4 Å². The number of nitrogens with one attached hydrogen (secondary N) is 1. The largest absolute Gasteiger partial charge is 0.378 e. The Morgan fingerprint density at radius 2 is 1.97 bits per heavy atom. The standard InChI is InChI=1S/C20H25ClN6O4S/c21-16-2-1-3-18(10-16)27(12-17-5-4-15(11-23-17)20(28)24-22)32(29,30)26-8-6-25(7-9-26)19-13-31-14-19/h1-5,10-11,19H,6-9,12-14,22H2,(H,24,28). The van der Waals surface area contributed by atoms with Crippen molar-refractivity contribution >= 4 is 33.4 Å². The maximum atomic E-state index is 13.6. The molecule has 10 nitrogen and oxygen atoms in total. The Hall–Kier alpha value is -2.28. The highest BCUT2D eigenvalue weighted by Gasteiger charge is 2.36. The highest BCUT2D eigenvalue weighted by atomic mass is 35.5. The molecule has 3 N–H and O–H groups in total. The predicted octanol–water partition coefficient (Wildman–Crippen LogP) is 0.606. The first-order valence-corrected chi connectivity index (χ1v) is 12.0. The van der Waals surface area contributed by atoms with Crippen molar-refractivity contribution < 1.29 is 17.9 Å². The predicted molar refractivity (Wildman–Crippen MR) is 120 cm³/mol. The van der Waals surface area contributed by atoms with Crippen LogP contribution in [0.3, 0.4) is 0 Å². The number of pyridine rings is 1. The molecular formula is C20H25ClN6O4S. The molecule has 172 valence electrons. The highest BCUT2D eigenvalue weighted by molar-refractivity contribution is 7.90. The van der Waals surface area contributed by atoms with Crippen molar-refractivity contribution in [3.63, 3.8) is 0 Å². The number of piperazine rings is 1. The second-order valence-corrected chi connectivity index (χ2v) is 9.92. The normalized spacial score (nSPS) is 18.2. The molecular weight excluding hydrogens is 456 g/mol. The van der Waals surface area contributed by atoms with Gasteiger partial charge in [0.15, 0.2) is 0 Å². The van der Waals surface area contributed by atoms with E-state index in [4.69, 9.17) is 22.2 Å². The van der Waals surface area contributed by atoms with Crippen LogP contribution in [0.25, 0.3) is 0 Å². The van der Waals surface area contributed by atoms with Crippen LogP contribution in [0.1, 0.15) is 16.1 Å². The minimum Gasteiger partial charge on any atom is -0.378 e. The summed E-state index contributed by atoms with van der Waals surface area (Å²) in [7, 11) is -3.85. The summed E-state index contributed by atoms with van der Waals surface area (Å²) in [5, 5.41) is 0.431. The molecule has 3 heterocycles. The summed E-state index contributed by atoms with van der Waals surface area (Å²) in [6.45, 7) is 3.47. The molecule has 1 amide bonds. The van der Waals surface area contributed by atoms with Crippen LogP contribution >= 0.6 is 11.6 Å². The number of hydrazine groups is 1. The zero-order chi connectivity index (χ0) is 22.7. The Bertz CT molecular complexity index is 1060. The molecule has 2 aromatic rings. The fraction of sp³-hybridized carbons (Fsp3) is 0.400. The van der Waals surface area contributed by atoms with Gasteiger partial charge in [-0.25, -0.2) is 5.84 Å². The maximum Gasteiger partial charge on any atom is 0.304 e. The number of rotatable bonds is 7. The number of carbonyl (C=O) groups excluding carboxylic acids is 1. The van der Waals surface area contributed by atoms with Gasteiger partial charge in [-0.1, -0.05) is 17.7 Å². The number of nitrogens with two attached hydrogens (primary N) is 1. The lowest BCUT2D eigenvalue weighted by molar-refractivity contribution is -0.0721. The van der Waals surface area contributed by atoms with Gasteiger partial charge in [-0.2, -0.15) is 12.7 Å². The van der Waals surface area contributed by atoms with Crippen molar-refractivity contribution in [1.82, 2.24) is 19.6 Å². The molecule has 2 saturated heterocycles. The van der Waals surface area contributed by atoms with Gasteiger partial charge in [0.2, 0.25) is 0 Å². The lowest BCUT2D eigenvalue weighted by atomic mass is 10.2. The van der Waals surface area contributed by atoms with E-state index in [0.29, 0.717) is 61.8 Å². The number of hydrogen-bond donors (Lipinski definition) is 2. The van der Waals surface area contributed by atoms with E-state index in [1.807, 2.05) is 5.43 Å². The van der Waals surface area contributed by atoms with Crippen LogP contribution in [0.4, 0.5) is 5.69 Å². The molecule has 0 saturated carbocycles. The van der Waals surface area contributed by atoms with Crippen LogP contribution in [0.15, 0.2) is 42.6 Å². The summed E-state index contributed by atoms with van der Waals surface area (Å²) in [4.78, 5) is 18.2. The number of halogens is 1. The molecule has 0 radical (unpaired) electrons. The van der Waals surface area contributed by atoms with Gasteiger partial charge >= 0.3 is 10.2 Å². The van der Waals surface area contributed by atoms with Gasteiger partial charge in [-0.15, -0.1) is 0 Å². The molecule has 4 rings (SSSR count). The molecule has 0 aliphatic carbocycles. The fourth-order valence-corrected chi connectivity index (χ4v) is 5.46. The SMILES string of the molecule is NNC(=O)c1ccc(CN(c2cccc(Cl)c2)S(=O)(=O)N2CCN(C3COC3)CC2)nc1. The summed E-state index contributed by atoms with van der Waals surface area (Å²) in [6.07, 6.45) is 1.36. The van der Waals surface area contributed by atoms with Crippen LogP contribution < -0.4 is 15.6 Å². The van der Waals surface area contributed by atoms with Gasteiger partial charge in [0.05, 0.1) is 42.7 Å². The summed E-state index contributed by atoms with van der Waals surface area (Å²) >= 11 is 6.15. The molecule has 0 spiro atoms. The Morgan fingerprint density at radius 1 is 1.22 bits per heavy atom. The lowest BCUT2D eigenvalue weighted by Crippen LogP contribution is -2.59. The van der Waals surface area contributed by atoms with Crippen molar-refractivity contribution in [2.45, 2.75) is 12.6 Å². The molecule has 2 fully saturated rings. The van der Waals surface area contributed by atoms with E-state index < -0.39 is 16.1 Å². The van der Waals surface area contributed by atoms with Crippen molar-refractivity contribution in [2.24, 2.45) is 5.84 Å². The van der Waals surface area contributed by atoms with Crippen LogP contribution in [0, 0.1) is 0 Å². The summed E-state index contributed by atoms with van der Waals surface area (Å²) in [5.74, 6) is 4.68. The average Bonchev–Trinajstić information content (AvgIpc) is 2.76. The smallest absolute Gasteiger partial charge is 0.304 e. The summed E-state index contributed by atoms with van der Waals surface area (Å²) in [6, 6.07) is 10.2. The van der Waals surface area contributed by atoms with Crippen LogP contribution in [0.2, 0.25) is 5.02 Å². The second-order valence-electron chi connectivity index (χ2n) is 7.63. The van der Waals surface area contributed by atoms with Gasteiger partial charge in [0, 0.05) is 37.4 Å². The summed E-state index contributed by atoms with van der Waals surface area (Å²) < 4.78 is 35.3. The highest BCUT2D eigenvalue weighted by Crippen LogP contribution is 2.27. The molecule has 0 unspecified atom stereocenters. The second kappa shape index (κ2) is 9.69. The molecule has 2 aliphatic heterocycles. The quantitative estimate of drug-likeness (QED) is 0.338. The van der Waals surface area contributed by atoms with Crippen molar-refractivity contribution in [1.29, 1.82) is 0 Å². The number of carbonyl (C=O) groups is 1. The third-order valence-electron chi connectivity index (χ3n) is 5.63. The molecule has 1 aromatic carbocycles. The number of ether oxygens (including phenoxy) is 1. The first-order chi connectivity index (χ1) is 15.4. The van der Waals surface area contributed by atoms with Crippen molar-refractivity contribution in [2.75, 3.05) is 43.7 Å². The number of benzene rings is 1. The lowest BCUT2D eigenvalue weighted by Gasteiger charge is -2.43. The Morgan fingerprint density at radius 3 is 2.53 bits per heavy atom. The van der Waals surface area contributed by atoms with Gasteiger partial charge in [-0.05, 0) is 30.3 Å². The molecule has 0 atom stereocenters. The Labute approximate surface area is 192 Å². The monoisotopic (exact) mass is 480 g/mol. The third kappa shape index (κ3) is 4.87. The fourth-order valence-electron chi connectivity index (χ4n) is 3.69. The van der Waals surface area contributed by atoms with E-state index in [-0.39, 0.29) is 12.1 Å². The Kier molecular flexibility index (Phi) is 6.93. The number of anilines is 1. The number of aromatic nitrogens is 1. The van der Waals surface area contributed by atoms with Crippen molar-refractivity contribution in [3.8, 4) is 0 Å². The zero-order valence-corrected chi connectivity index (χ0v) is 18.9. The molecule has 32 heavy (non-hydrogen) atoms. The van der Waals surface area contributed by atoms with E-state index >= 15 is 0 Å². The van der Waals surface area contributed by atoms with Crippen molar-refractivity contribution in [3.05, 3.63) is 58.9 Å². The number of hydrogen-bond acceptors (Lipinski definition) is 7. The Balaban J connectivity index is 1.57. The first-order valence-electron chi connectivity index (χ1n) is 10.2. The number of nitrogens with zero attached hydrogens (tertiary/aromatic N) is 4. The van der Waals surface area contributed by atoms with Crippen LogP contribution in [0.5, 0.6) is 0 Å². The number of nitrogen functional groups attached to an aromatic ring is 1. The van der Waals surface area contributed by atoms with Gasteiger partial charge < -0.3 is 4.74 Å². The van der Waals surface area contributed by atoms with E-state index in [1.165, 1.54) is 14.8 Å². The van der Waals surface area contributed by atoms with Gasteiger partial charge in [0.1, 0.15) is 0 Å². The molecule has 1 aromatic heterocycles. The maximum absolute atomic E-state index is 13.6. The van der Waals surface area contributed by atoms with E-state index in [1.54, 1.807) is 36.4 Å². The zero-order valence-electron chi connectivity index (χ0n) is 17.4. The third-order valence-corrected chi connectivity index (χ3v) is 7.78. The van der Waals surface area contributed by atoms with E-state index in [2.05, 4.69) is 9.88 Å². The molecule has 0 bridgehead atoms. The van der Waals surface area contributed by atoms with Crippen LogP contribution in [-0.4, -0.2) is 73.9 Å². The minimum absolute atomic E-state index is 0.0100. The number of amides is 1. The minimum atomic E-state index is -3.85. The van der Waals surface area contributed by atoms with E-state index in [0.717, 1.165) is 0 Å². The topological polar surface area (TPSA) is 121 Å². The first kappa shape index (κ1) is 22.9. The van der Waals surface area contributed by atoms with Gasteiger partial charge in [0.25, 0.3) is 5.91 Å². The average molecular weight is 481 g/mol. The molecule has 12 heteroatoms. The summed E-state index contributed by atoms with van der Waals surface area (Å²) in [5.41, 5.74) is 3.25. The van der Waals surface area contributed by atoms with E-state index in [9.17, 15) is 13.2 Å². The molecule has 2 aliphatic rings.